The van der Waals surface area contributed by atoms with Crippen LogP contribution in [0.15, 0.2) is 52.9 Å². The molecule has 118 valence electrons. The van der Waals surface area contributed by atoms with Gasteiger partial charge < -0.3 is 5.32 Å². The SMILES string of the molecule is C/C(=N/NC(=O)[C@H]1C(=O)NC[C@H]1c1ccccc1)c1cccs1. The number of nitrogens with one attached hydrogen (secondary N) is 2. The highest BCUT2D eigenvalue weighted by molar-refractivity contribution is 7.12. The first kappa shape index (κ1) is 15.4. The van der Waals surface area contributed by atoms with Crippen LogP contribution < -0.4 is 10.7 Å². The van der Waals surface area contributed by atoms with Crippen molar-refractivity contribution in [1.29, 1.82) is 0 Å². The van der Waals surface area contributed by atoms with E-state index >= 15 is 0 Å². The number of hydrogen-bond donors (Lipinski definition) is 2. The van der Waals surface area contributed by atoms with E-state index < -0.39 is 5.92 Å². The van der Waals surface area contributed by atoms with Gasteiger partial charge in [0.1, 0.15) is 5.92 Å². The number of amides is 2. The topological polar surface area (TPSA) is 70.6 Å². The number of carbonyl (C=O) groups is 2. The quantitative estimate of drug-likeness (QED) is 0.513. The summed E-state index contributed by atoms with van der Waals surface area (Å²) in [5, 5.41) is 8.84. The molecule has 0 bridgehead atoms. The number of hydrogen-bond acceptors (Lipinski definition) is 4. The van der Waals surface area contributed by atoms with Gasteiger partial charge in [-0.1, -0.05) is 36.4 Å². The first-order chi connectivity index (χ1) is 11.2. The van der Waals surface area contributed by atoms with Gasteiger partial charge in [0.25, 0.3) is 5.91 Å². The number of carbonyl (C=O) groups excluding carboxylic acids is 2. The van der Waals surface area contributed by atoms with Crippen LogP contribution in [0, 0.1) is 5.92 Å². The summed E-state index contributed by atoms with van der Waals surface area (Å²) in [6.07, 6.45) is 0. The predicted molar refractivity (Wildman–Crippen MR) is 90.4 cm³/mol. The molecule has 6 heteroatoms. The number of rotatable bonds is 4. The van der Waals surface area contributed by atoms with Crippen molar-refractivity contribution in [1.82, 2.24) is 10.7 Å². The van der Waals surface area contributed by atoms with E-state index in [0.717, 1.165) is 16.2 Å². The third-order valence-corrected chi connectivity index (χ3v) is 4.88. The van der Waals surface area contributed by atoms with Gasteiger partial charge in [-0.25, -0.2) is 5.43 Å². The lowest BCUT2D eigenvalue weighted by Gasteiger charge is -2.15. The predicted octanol–water partition coefficient (Wildman–Crippen LogP) is 2.12. The summed E-state index contributed by atoms with van der Waals surface area (Å²) in [5.74, 6) is -1.54. The Bertz CT molecular complexity index is 726. The summed E-state index contributed by atoms with van der Waals surface area (Å²) in [6.45, 7) is 2.30. The van der Waals surface area contributed by atoms with Gasteiger partial charge in [0.05, 0.1) is 5.71 Å². The highest BCUT2D eigenvalue weighted by Crippen LogP contribution is 2.29. The number of nitrogens with zero attached hydrogens (tertiary/aromatic N) is 1. The number of benzene rings is 1. The molecule has 2 N–H and O–H groups in total. The van der Waals surface area contributed by atoms with E-state index in [9.17, 15) is 9.59 Å². The average Bonchev–Trinajstić information content (AvgIpc) is 3.23. The summed E-state index contributed by atoms with van der Waals surface area (Å²) in [6, 6.07) is 13.5. The maximum Gasteiger partial charge on any atom is 0.253 e. The second kappa shape index (κ2) is 6.75. The fraction of sp³-hybridized carbons (Fsp3) is 0.235. The molecule has 23 heavy (non-hydrogen) atoms. The van der Waals surface area contributed by atoms with E-state index in [1.807, 2.05) is 54.8 Å². The van der Waals surface area contributed by atoms with E-state index in [0.29, 0.717) is 6.54 Å². The lowest BCUT2D eigenvalue weighted by molar-refractivity contribution is -0.133. The van der Waals surface area contributed by atoms with E-state index in [1.165, 1.54) is 0 Å². The molecule has 0 aliphatic carbocycles. The fourth-order valence-corrected chi connectivity index (χ4v) is 3.36. The fourth-order valence-electron chi connectivity index (χ4n) is 2.68. The number of hydrazone groups is 1. The van der Waals surface area contributed by atoms with E-state index in [2.05, 4.69) is 15.8 Å². The molecule has 3 rings (SSSR count). The Balaban J connectivity index is 1.74. The van der Waals surface area contributed by atoms with Crippen LogP contribution in [0.3, 0.4) is 0 Å². The van der Waals surface area contributed by atoms with Crippen LogP contribution in [0.5, 0.6) is 0 Å². The Labute approximate surface area is 138 Å². The van der Waals surface area contributed by atoms with Gasteiger partial charge in [-0.2, -0.15) is 5.10 Å². The largest absolute Gasteiger partial charge is 0.355 e. The first-order valence-electron chi connectivity index (χ1n) is 7.37. The molecule has 1 saturated heterocycles. The zero-order valence-corrected chi connectivity index (χ0v) is 13.5. The molecule has 1 aliphatic rings. The number of thiophene rings is 1. The Hall–Kier alpha value is -2.47. The van der Waals surface area contributed by atoms with Gasteiger partial charge in [0, 0.05) is 17.3 Å². The minimum Gasteiger partial charge on any atom is -0.355 e. The van der Waals surface area contributed by atoms with Crippen molar-refractivity contribution in [2.75, 3.05) is 6.54 Å². The minimum atomic E-state index is -0.753. The molecule has 5 nitrogen and oxygen atoms in total. The van der Waals surface area contributed by atoms with Crippen LogP contribution in [0.2, 0.25) is 0 Å². The van der Waals surface area contributed by atoms with Crippen molar-refractivity contribution >= 4 is 28.9 Å². The Kier molecular flexibility index (Phi) is 4.52. The van der Waals surface area contributed by atoms with Crippen LogP contribution in [0.25, 0.3) is 0 Å². The molecule has 2 amide bonds. The third kappa shape index (κ3) is 3.32. The summed E-state index contributed by atoms with van der Waals surface area (Å²) in [4.78, 5) is 25.5. The molecular formula is C17H17N3O2S. The van der Waals surface area contributed by atoms with Crippen LogP contribution >= 0.6 is 11.3 Å². The van der Waals surface area contributed by atoms with Crippen LogP contribution in [0.4, 0.5) is 0 Å². The molecule has 1 aromatic heterocycles. The van der Waals surface area contributed by atoms with Gasteiger partial charge >= 0.3 is 0 Å². The van der Waals surface area contributed by atoms with E-state index in [4.69, 9.17) is 0 Å². The lowest BCUT2D eigenvalue weighted by atomic mass is 9.88. The van der Waals surface area contributed by atoms with Gasteiger partial charge in [0.15, 0.2) is 0 Å². The molecule has 2 atom stereocenters. The second-order valence-corrected chi connectivity index (χ2v) is 6.34. The highest BCUT2D eigenvalue weighted by atomic mass is 32.1. The average molecular weight is 327 g/mol. The molecule has 0 unspecified atom stereocenters. The normalized spacial score (nSPS) is 21.1. The maximum absolute atomic E-state index is 12.4. The zero-order chi connectivity index (χ0) is 16.2. The van der Waals surface area contributed by atoms with Crippen LogP contribution in [-0.4, -0.2) is 24.1 Å². The summed E-state index contributed by atoms with van der Waals surface area (Å²) in [5.41, 5.74) is 4.24. The summed E-state index contributed by atoms with van der Waals surface area (Å²) >= 11 is 1.55. The second-order valence-electron chi connectivity index (χ2n) is 5.39. The van der Waals surface area contributed by atoms with E-state index in [-0.39, 0.29) is 17.7 Å². The maximum atomic E-state index is 12.4. The monoisotopic (exact) mass is 327 g/mol. The molecule has 1 aromatic carbocycles. The Morgan fingerprint density at radius 2 is 2.04 bits per heavy atom. The van der Waals surface area contributed by atoms with Crippen molar-refractivity contribution < 1.29 is 9.59 Å². The molecule has 0 saturated carbocycles. The molecule has 0 spiro atoms. The van der Waals surface area contributed by atoms with Crippen molar-refractivity contribution in [2.45, 2.75) is 12.8 Å². The lowest BCUT2D eigenvalue weighted by Crippen LogP contribution is -2.35. The van der Waals surface area contributed by atoms with Crippen LogP contribution in [0.1, 0.15) is 23.3 Å². The van der Waals surface area contributed by atoms with Gasteiger partial charge in [-0.3, -0.25) is 9.59 Å². The van der Waals surface area contributed by atoms with E-state index in [1.54, 1.807) is 11.3 Å². The van der Waals surface area contributed by atoms with Crippen LogP contribution in [-0.2, 0) is 9.59 Å². The molecule has 1 aliphatic heterocycles. The molecule has 1 fully saturated rings. The Morgan fingerprint density at radius 1 is 1.26 bits per heavy atom. The van der Waals surface area contributed by atoms with Crippen molar-refractivity contribution in [3.05, 3.63) is 58.3 Å². The summed E-state index contributed by atoms with van der Waals surface area (Å²) < 4.78 is 0. The van der Waals surface area contributed by atoms with Crippen molar-refractivity contribution in [3.8, 4) is 0 Å². The zero-order valence-electron chi connectivity index (χ0n) is 12.7. The van der Waals surface area contributed by atoms with Crippen molar-refractivity contribution in [3.63, 3.8) is 0 Å². The minimum absolute atomic E-state index is 0.166. The molecule has 2 heterocycles. The highest BCUT2D eigenvalue weighted by Gasteiger charge is 2.40. The first-order valence-corrected chi connectivity index (χ1v) is 8.25. The summed E-state index contributed by atoms with van der Waals surface area (Å²) in [7, 11) is 0. The Morgan fingerprint density at radius 3 is 2.74 bits per heavy atom. The van der Waals surface area contributed by atoms with Gasteiger partial charge in [-0.15, -0.1) is 11.3 Å². The molecular weight excluding hydrogens is 310 g/mol. The van der Waals surface area contributed by atoms with Gasteiger partial charge in [0.2, 0.25) is 5.91 Å². The third-order valence-electron chi connectivity index (χ3n) is 3.90. The standard InChI is InChI=1S/C17H17N3O2S/c1-11(14-8-5-9-23-14)19-20-17(22)15-13(10-18-16(15)21)12-6-3-2-4-7-12/h2-9,13,15H,10H2,1H3,(H,18,21)(H,20,22)/b19-11-/t13-,15+/m0/s1. The molecule has 0 radical (unpaired) electrons. The van der Waals surface area contributed by atoms with Gasteiger partial charge in [-0.05, 0) is 23.9 Å². The molecule has 2 aromatic rings. The van der Waals surface area contributed by atoms with Crippen molar-refractivity contribution in [2.24, 2.45) is 11.0 Å². The smallest absolute Gasteiger partial charge is 0.253 e.